The Kier molecular flexibility index (Phi) is 4.26. The number of methoxy groups -OCH3 is 1. The van der Waals surface area contributed by atoms with Gasteiger partial charge in [-0.25, -0.2) is 14.4 Å². The Labute approximate surface area is 163 Å². The molecular formula is C22H23FN4O. The van der Waals surface area contributed by atoms with Crippen LogP contribution in [0.2, 0.25) is 0 Å². The van der Waals surface area contributed by atoms with Crippen LogP contribution >= 0.6 is 0 Å². The van der Waals surface area contributed by atoms with Gasteiger partial charge < -0.3 is 14.5 Å². The van der Waals surface area contributed by atoms with Crippen molar-refractivity contribution in [3.05, 3.63) is 54.5 Å². The molecule has 2 atom stereocenters. The highest BCUT2D eigenvalue weighted by Gasteiger charge is 2.36. The molecule has 0 radical (unpaired) electrons. The minimum atomic E-state index is -0.257. The first-order chi connectivity index (χ1) is 13.7. The van der Waals surface area contributed by atoms with Crippen molar-refractivity contribution < 1.29 is 9.13 Å². The van der Waals surface area contributed by atoms with E-state index in [1.54, 1.807) is 19.4 Å². The molecule has 3 aliphatic heterocycles. The van der Waals surface area contributed by atoms with Crippen LogP contribution in [0.25, 0.3) is 10.9 Å². The average molecular weight is 378 g/mol. The molecule has 0 amide bonds. The zero-order chi connectivity index (χ0) is 19.1. The highest BCUT2D eigenvalue weighted by molar-refractivity contribution is 5.78. The molecule has 5 nitrogen and oxygen atoms in total. The molecule has 0 N–H and O–H groups in total. The first kappa shape index (κ1) is 17.2. The molecule has 3 fully saturated rings. The molecule has 0 spiro atoms. The predicted octanol–water partition coefficient (Wildman–Crippen LogP) is 4.03. The normalized spacial score (nSPS) is 21.8. The van der Waals surface area contributed by atoms with Gasteiger partial charge in [-0.1, -0.05) is 0 Å². The van der Waals surface area contributed by atoms with Crippen molar-refractivity contribution in [1.29, 1.82) is 0 Å². The fourth-order valence-corrected chi connectivity index (χ4v) is 4.52. The van der Waals surface area contributed by atoms with E-state index in [0.29, 0.717) is 12.1 Å². The molecule has 3 aliphatic rings. The lowest BCUT2D eigenvalue weighted by Crippen LogP contribution is -2.48. The van der Waals surface area contributed by atoms with Crippen LogP contribution in [0.4, 0.5) is 16.0 Å². The third-order valence-electron chi connectivity index (χ3n) is 6.02. The van der Waals surface area contributed by atoms with E-state index in [1.165, 1.54) is 24.2 Å². The topological polar surface area (TPSA) is 41.5 Å². The van der Waals surface area contributed by atoms with Gasteiger partial charge in [-0.05, 0) is 61.7 Å². The summed E-state index contributed by atoms with van der Waals surface area (Å²) in [7, 11) is 1.69. The lowest BCUT2D eigenvalue weighted by atomic mass is 9.98. The first-order valence-electron chi connectivity index (χ1n) is 9.81. The van der Waals surface area contributed by atoms with Crippen molar-refractivity contribution in [2.45, 2.75) is 31.3 Å². The van der Waals surface area contributed by atoms with Crippen LogP contribution in [0.1, 0.15) is 19.3 Å². The van der Waals surface area contributed by atoms with Gasteiger partial charge in [-0.3, -0.25) is 0 Å². The minimum Gasteiger partial charge on any atom is -0.497 e. The summed E-state index contributed by atoms with van der Waals surface area (Å²) in [6, 6.07) is 13.9. The van der Waals surface area contributed by atoms with Gasteiger partial charge in [0, 0.05) is 42.4 Å². The molecule has 6 heteroatoms. The molecule has 1 aromatic heterocycles. The van der Waals surface area contributed by atoms with Gasteiger partial charge in [-0.2, -0.15) is 0 Å². The van der Waals surface area contributed by atoms with Gasteiger partial charge in [-0.15, -0.1) is 0 Å². The molecule has 28 heavy (non-hydrogen) atoms. The maximum Gasteiger partial charge on any atom is 0.226 e. The Hall–Kier alpha value is -2.89. The van der Waals surface area contributed by atoms with Crippen molar-refractivity contribution in [2.75, 3.05) is 30.0 Å². The monoisotopic (exact) mass is 378 g/mol. The Balaban J connectivity index is 1.43. The summed E-state index contributed by atoms with van der Waals surface area (Å²) in [5.41, 5.74) is 2.03. The zero-order valence-corrected chi connectivity index (χ0v) is 15.9. The summed E-state index contributed by atoms with van der Waals surface area (Å²) in [4.78, 5) is 14.2. The van der Waals surface area contributed by atoms with Crippen molar-refractivity contribution in [1.82, 2.24) is 9.97 Å². The molecule has 2 bridgehead atoms. The van der Waals surface area contributed by atoms with Crippen LogP contribution in [0.15, 0.2) is 48.7 Å². The lowest BCUT2D eigenvalue weighted by Gasteiger charge is -2.40. The van der Waals surface area contributed by atoms with Crippen molar-refractivity contribution >= 4 is 22.5 Å². The second-order valence-corrected chi connectivity index (χ2v) is 7.59. The standard InChI is InChI=1S/C22H23FN4O/c1-28-20-7-5-17(6-8-20)27-14-19-4-3-18(27)10-11-26(19)22-24-13-15-12-16(23)2-9-21(15)25-22/h2,5-9,12-13,18-19H,3-4,10-11,14H2,1H3/t18-,19-/m1/s1. The van der Waals surface area contributed by atoms with E-state index < -0.39 is 0 Å². The number of piperidine rings is 1. The fraction of sp³-hybridized carbons (Fsp3) is 0.364. The van der Waals surface area contributed by atoms with E-state index in [1.807, 2.05) is 12.1 Å². The number of aromatic nitrogens is 2. The van der Waals surface area contributed by atoms with Gasteiger partial charge in [0.2, 0.25) is 5.95 Å². The van der Waals surface area contributed by atoms with Crippen molar-refractivity contribution in [3.63, 3.8) is 0 Å². The molecule has 0 saturated carbocycles. The summed E-state index contributed by atoms with van der Waals surface area (Å²) in [6.45, 7) is 1.90. The van der Waals surface area contributed by atoms with Crippen molar-refractivity contribution in [3.8, 4) is 5.75 Å². The number of hydrogen-bond acceptors (Lipinski definition) is 5. The van der Waals surface area contributed by atoms with Gasteiger partial charge in [0.25, 0.3) is 0 Å². The van der Waals surface area contributed by atoms with Crippen molar-refractivity contribution in [2.24, 2.45) is 0 Å². The van der Waals surface area contributed by atoms with E-state index in [0.717, 1.165) is 48.5 Å². The molecule has 4 heterocycles. The number of rotatable bonds is 3. The average Bonchev–Trinajstić information content (AvgIpc) is 3.05. The van der Waals surface area contributed by atoms with Crippen LogP contribution in [0, 0.1) is 5.82 Å². The van der Waals surface area contributed by atoms with Crippen LogP contribution in [-0.4, -0.2) is 42.3 Å². The number of fused-ring (bicyclic) bond motifs is 5. The first-order valence-corrected chi connectivity index (χ1v) is 9.81. The molecule has 0 aliphatic carbocycles. The summed E-state index contributed by atoms with van der Waals surface area (Å²) >= 11 is 0. The van der Waals surface area contributed by atoms with Crippen LogP contribution < -0.4 is 14.5 Å². The van der Waals surface area contributed by atoms with E-state index >= 15 is 0 Å². The molecular weight excluding hydrogens is 355 g/mol. The summed E-state index contributed by atoms with van der Waals surface area (Å²) < 4.78 is 18.7. The second kappa shape index (κ2) is 6.93. The zero-order valence-electron chi connectivity index (χ0n) is 15.9. The predicted molar refractivity (Wildman–Crippen MR) is 109 cm³/mol. The molecule has 3 saturated heterocycles. The summed E-state index contributed by atoms with van der Waals surface area (Å²) in [6.07, 6.45) is 5.13. The van der Waals surface area contributed by atoms with E-state index in [-0.39, 0.29) is 5.82 Å². The molecule has 0 unspecified atom stereocenters. The van der Waals surface area contributed by atoms with E-state index in [2.05, 4.69) is 26.9 Å². The Bertz CT molecular complexity index is 993. The molecule has 3 aromatic rings. The van der Waals surface area contributed by atoms with E-state index in [4.69, 9.17) is 9.72 Å². The number of ether oxygens (including phenoxy) is 1. The van der Waals surface area contributed by atoms with Gasteiger partial charge in [0.15, 0.2) is 0 Å². The number of nitrogens with zero attached hydrogens (tertiary/aromatic N) is 4. The number of benzene rings is 2. The maximum atomic E-state index is 13.4. The summed E-state index contributed by atoms with van der Waals surface area (Å²) in [5.74, 6) is 1.38. The van der Waals surface area contributed by atoms with Crippen LogP contribution in [0.5, 0.6) is 5.75 Å². The minimum absolute atomic E-state index is 0.257. The number of halogens is 1. The third kappa shape index (κ3) is 3.03. The number of hydrogen-bond donors (Lipinski definition) is 0. The Morgan fingerprint density at radius 2 is 1.82 bits per heavy atom. The third-order valence-corrected chi connectivity index (χ3v) is 6.02. The smallest absolute Gasteiger partial charge is 0.226 e. The lowest BCUT2D eigenvalue weighted by molar-refractivity contribution is 0.414. The fourth-order valence-electron chi connectivity index (χ4n) is 4.52. The highest BCUT2D eigenvalue weighted by Crippen LogP contribution is 2.34. The van der Waals surface area contributed by atoms with E-state index in [9.17, 15) is 4.39 Å². The number of anilines is 2. The highest BCUT2D eigenvalue weighted by atomic mass is 19.1. The molecule has 144 valence electrons. The molecule has 6 rings (SSSR count). The van der Waals surface area contributed by atoms with Crippen LogP contribution in [0.3, 0.4) is 0 Å². The Morgan fingerprint density at radius 3 is 2.64 bits per heavy atom. The molecule has 2 aromatic carbocycles. The quantitative estimate of drug-likeness (QED) is 0.688. The summed E-state index contributed by atoms with van der Waals surface area (Å²) in [5, 5.41) is 0.739. The SMILES string of the molecule is COc1ccc(N2C[C@H]3CC[C@@H]2CCN3c2ncc3cc(F)ccc3n2)cc1. The van der Waals surface area contributed by atoms with Gasteiger partial charge in [0.05, 0.1) is 12.6 Å². The van der Waals surface area contributed by atoms with Crippen LogP contribution in [-0.2, 0) is 0 Å². The Morgan fingerprint density at radius 1 is 1.00 bits per heavy atom. The second-order valence-electron chi connectivity index (χ2n) is 7.59. The largest absolute Gasteiger partial charge is 0.497 e. The maximum absolute atomic E-state index is 13.4. The van der Waals surface area contributed by atoms with Gasteiger partial charge in [0.1, 0.15) is 11.6 Å². The van der Waals surface area contributed by atoms with Gasteiger partial charge >= 0.3 is 0 Å².